The summed E-state index contributed by atoms with van der Waals surface area (Å²) in [5.41, 5.74) is 1.17. The lowest BCUT2D eigenvalue weighted by molar-refractivity contribution is 0.0516. The van der Waals surface area contributed by atoms with Crippen molar-refractivity contribution in [3.63, 3.8) is 0 Å². The number of β-amino-alcohol motifs (C(OH)–C–C–N with tert-alkyl or cyclic N) is 1. The maximum absolute atomic E-state index is 10.3. The molecule has 0 bridgehead atoms. The third-order valence-corrected chi connectivity index (χ3v) is 4.90. The number of aliphatic hydroxyl groups is 1. The van der Waals surface area contributed by atoms with Crippen molar-refractivity contribution in [1.82, 2.24) is 14.5 Å². The summed E-state index contributed by atoms with van der Waals surface area (Å²) in [6, 6.07) is 7.95. The molecule has 1 aliphatic heterocycles. The highest BCUT2D eigenvalue weighted by Gasteiger charge is 2.23. The summed E-state index contributed by atoms with van der Waals surface area (Å²) in [7, 11) is 2.05. The van der Waals surface area contributed by atoms with Crippen molar-refractivity contribution in [3.8, 4) is 5.75 Å². The molecular weight excluding hydrogens is 314 g/mol. The van der Waals surface area contributed by atoms with Crippen LogP contribution in [-0.4, -0.2) is 51.9 Å². The van der Waals surface area contributed by atoms with Crippen LogP contribution in [0.4, 0.5) is 0 Å². The Morgan fingerprint density at radius 1 is 1.40 bits per heavy atom. The Morgan fingerprint density at radius 2 is 2.28 bits per heavy atom. The number of aryl methyl sites for hydroxylation is 2. The number of hydrogen-bond donors (Lipinski definition) is 1. The molecule has 25 heavy (non-hydrogen) atoms. The van der Waals surface area contributed by atoms with E-state index in [2.05, 4.69) is 21.5 Å². The number of likely N-dealkylation sites (tertiary alicyclic amines) is 1. The zero-order valence-electron chi connectivity index (χ0n) is 15.3. The number of aromatic nitrogens is 2. The van der Waals surface area contributed by atoms with E-state index in [0.717, 1.165) is 31.1 Å². The Morgan fingerprint density at radius 3 is 3.04 bits per heavy atom. The maximum atomic E-state index is 10.3. The number of nitrogens with zero attached hydrogens (tertiary/aromatic N) is 3. The lowest BCUT2D eigenvalue weighted by Gasteiger charge is -2.33. The molecular formula is C20H29N3O2. The molecule has 1 aromatic carbocycles. The molecule has 0 aliphatic carbocycles. The Balaban J connectivity index is 1.44. The maximum Gasteiger partial charge on any atom is 0.119 e. The summed E-state index contributed by atoms with van der Waals surface area (Å²) in [6.45, 7) is 5.12. The second-order valence-corrected chi connectivity index (χ2v) is 7.21. The van der Waals surface area contributed by atoms with Crippen LogP contribution in [-0.2, 0) is 13.5 Å². The van der Waals surface area contributed by atoms with Crippen molar-refractivity contribution in [3.05, 3.63) is 48.0 Å². The van der Waals surface area contributed by atoms with Crippen molar-refractivity contribution in [2.75, 3.05) is 26.2 Å². The van der Waals surface area contributed by atoms with Gasteiger partial charge in [0.15, 0.2) is 0 Å². The van der Waals surface area contributed by atoms with Crippen LogP contribution < -0.4 is 4.74 Å². The summed E-state index contributed by atoms with van der Waals surface area (Å²) in [6.07, 6.45) is 6.83. The molecule has 5 nitrogen and oxygen atoms in total. The van der Waals surface area contributed by atoms with Gasteiger partial charge in [-0.3, -0.25) is 0 Å². The van der Waals surface area contributed by atoms with Crippen LogP contribution in [0.2, 0.25) is 0 Å². The number of aliphatic hydroxyl groups excluding tert-OH is 1. The quantitative estimate of drug-likeness (QED) is 0.839. The molecule has 2 heterocycles. The van der Waals surface area contributed by atoms with E-state index in [1.165, 1.54) is 18.4 Å². The van der Waals surface area contributed by atoms with E-state index in [4.69, 9.17) is 4.74 Å². The third-order valence-electron chi connectivity index (χ3n) is 4.90. The molecule has 5 heteroatoms. The summed E-state index contributed by atoms with van der Waals surface area (Å²) >= 11 is 0. The van der Waals surface area contributed by atoms with Crippen LogP contribution in [0.15, 0.2) is 36.7 Å². The van der Waals surface area contributed by atoms with Crippen LogP contribution in [0.25, 0.3) is 0 Å². The third kappa shape index (κ3) is 5.31. The van der Waals surface area contributed by atoms with Gasteiger partial charge in [-0.2, -0.15) is 0 Å². The van der Waals surface area contributed by atoms with Gasteiger partial charge in [-0.1, -0.05) is 12.1 Å². The van der Waals surface area contributed by atoms with Crippen LogP contribution >= 0.6 is 0 Å². The minimum atomic E-state index is -0.465. The fourth-order valence-corrected chi connectivity index (χ4v) is 3.58. The zero-order chi connectivity index (χ0) is 17.6. The van der Waals surface area contributed by atoms with Crippen LogP contribution in [0.3, 0.4) is 0 Å². The second-order valence-electron chi connectivity index (χ2n) is 7.21. The van der Waals surface area contributed by atoms with E-state index < -0.39 is 6.10 Å². The molecule has 2 aromatic rings. The van der Waals surface area contributed by atoms with Crippen molar-refractivity contribution >= 4 is 0 Å². The number of rotatable bonds is 7. The molecule has 0 spiro atoms. The largest absolute Gasteiger partial charge is 0.491 e. The highest BCUT2D eigenvalue weighted by Crippen LogP contribution is 2.20. The van der Waals surface area contributed by atoms with E-state index >= 15 is 0 Å². The SMILES string of the molecule is Cc1cccc(OCC(O)CN2CCCC(Cc3nccn3C)C2)c1. The minimum absolute atomic E-state index is 0.337. The van der Waals surface area contributed by atoms with Crippen molar-refractivity contribution in [2.45, 2.75) is 32.3 Å². The first-order valence-corrected chi connectivity index (χ1v) is 9.16. The monoisotopic (exact) mass is 343 g/mol. The van der Waals surface area contributed by atoms with E-state index in [1.54, 1.807) is 0 Å². The lowest BCUT2D eigenvalue weighted by Crippen LogP contribution is -2.42. The fourth-order valence-electron chi connectivity index (χ4n) is 3.58. The van der Waals surface area contributed by atoms with Gasteiger partial charge in [-0.05, 0) is 49.9 Å². The first-order chi connectivity index (χ1) is 12.1. The van der Waals surface area contributed by atoms with E-state index in [1.807, 2.05) is 43.6 Å². The van der Waals surface area contributed by atoms with Gasteiger partial charge in [0.05, 0.1) is 0 Å². The second kappa shape index (κ2) is 8.50. The number of piperidine rings is 1. The molecule has 0 radical (unpaired) electrons. The molecule has 1 aromatic heterocycles. The van der Waals surface area contributed by atoms with Gasteiger partial charge in [0.25, 0.3) is 0 Å². The topological polar surface area (TPSA) is 50.5 Å². The normalized spacial score (nSPS) is 19.7. The predicted octanol–water partition coefficient (Wildman–Crippen LogP) is 2.42. The van der Waals surface area contributed by atoms with Crippen molar-refractivity contribution in [2.24, 2.45) is 13.0 Å². The first-order valence-electron chi connectivity index (χ1n) is 9.16. The van der Waals surface area contributed by atoms with E-state index in [9.17, 15) is 5.11 Å². The van der Waals surface area contributed by atoms with Gasteiger partial charge in [0, 0.05) is 39.0 Å². The molecule has 0 amide bonds. The van der Waals surface area contributed by atoms with Gasteiger partial charge in [-0.15, -0.1) is 0 Å². The van der Waals surface area contributed by atoms with Gasteiger partial charge in [0.1, 0.15) is 24.3 Å². The van der Waals surface area contributed by atoms with E-state index in [-0.39, 0.29) is 0 Å². The fraction of sp³-hybridized carbons (Fsp3) is 0.550. The molecule has 1 aliphatic rings. The zero-order valence-corrected chi connectivity index (χ0v) is 15.3. The van der Waals surface area contributed by atoms with Crippen molar-refractivity contribution < 1.29 is 9.84 Å². The smallest absolute Gasteiger partial charge is 0.119 e. The number of imidazole rings is 1. The van der Waals surface area contributed by atoms with Crippen LogP contribution in [0, 0.1) is 12.8 Å². The Labute approximate surface area is 150 Å². The van der Waals surface area contributed by atoms with Crippen molar-refractivity contribution in [1.29, 1.82) is 0 Å². The first kappa shape index (κ1) is 18.0. The molecule has 0 saturated carbocycles. The van der Waals surface area contributed by atoms with E-state index in [0.29, 0.717) is 19.1 Å². The Kier molecular flexibility index (Phi) is 6.10. The molecule has 1 N–H and O–H groups in total. The van der Waals surface area contributed by atoms with Gasteiger partial charge in [-0.25, -0.2) is 4.98 Å². The molecule has 1 saturated heterocycles. The molecule has 3 rings (SSSR count). The van der Waals surface area contributed by atoms with Crippen LogP contribution in [0.1, 0.15) is 24.2 Å². The minimum Gasteiger partial charge on any atom is -0.491 e. The molecule has 2 atom stereocenters. The van der Waals surface area contributed by atoms with Gasteiger partial charge >= 0.3 is 0 Å². The predicted molar refractivity (Wildman–Crippen MR) is 98.8 cm³/mol. The number of ether oxygens (including phenoxy) is 1. The molecule has 136 valence electrons. The summed E-state index contributed by atoms with van der Waals surface area (Å²) < 4.78 is 7.83. The summed E-state index contributed by atoms with van der Waals surface area (Å²) in [5.74, 6) is 2.58. The standard InChI is InChI=1S/C20H29N3O2/c1-16-5-3-7-19(11-16)25-15-18(24)14-23-9-4-6-17(13-23)12-20-21-8-10-22(20)2/h3,5,7-8,10-11,17-18,24H,4,6,9,12-15H2,1-2H3. The number of benzene rings is 1. The Bertz CT molecular complexity index is 670. The lowest BCUT2D eigenvalue weighted by atomic mass is 9.94. The van der Waals surface area contributed by atoms with Gasteiger partial charge < -0.3 is 19.3 Å². The number of hydrogen-bond acceptors (Lipinski definition) is 4. The summed E-state index contributed by atoms with van der Waals surface area (Å²) in [5, 5.41) is 10.3. The highest BCUT2D eigenvalue weighted by molar-refractivity contribution is 5.27. The Hall–Kier alpha value is -1.85. The average Bonchev–Trinajstić information content (AvgIpc) is 2.98. The molecule has 2 unspecified atom stereocenters. The van der Waals surface area contributed by atoms with Gasteiger partial charge in [0.2, 0.25) is 0 Å². The summed E-state index contributed by atoms with van der Waals surface area (Å²) in [4.78, 5) is 6.80. The highest BCUT2D eigenvalue weighted by atomic mass is 16.5. The average molecular weight is 343 g/mol. The van der Waals surface area contributed by atoms with Crippen LogP contribution in [0.5, 0.6) is 5.75 Å². The molecule has 1 fully saturated rings.